The van der Waals surface area contributed by atoms with Gasteiger partial charge in [-0.2, -0.15) is 0 Å². The van der Waals surface area contributed by atoms with Crippen LogP contribution in [0.2, 0.25) is 0 Å². The van der Waals surface area contributed by atoms with Crippen LogP contribution >= 0.6 is 0 Å². The molecule has 0 aromatic carbocycles. The van der Waals surface area contributed by atoms with Crippen LogP contribution < -0.4 is 0 Å². The predicted molar refractivity (Wildman–Crippen MR) is 88.7 cm³/mol. The Morgan fingerprint density at radius 2 is 2.09 bits per heavy atom. The summed E-state index contributed by atoms with van der Waals surface area (Å²) in [7, 11) is 0. The van der Waals surface area contributed by atoms with Crippen molar-refractivity contribution in [2.24, 2.45) is 39.9 Å². The molecule has 0 amide bonds. The zero-order valence-corrected chi connectivity index (χ0v) is 14.5. The van der Waals surface area contributed by atoms with Crippen molar-refractivity contribution >= 4 is 0 Å². The maximum atomic E-state index is 11.3. The third kappa shape index (κ3) is 0.915. The minimum atomic E-state index is -0.0889. The molecule has 9 fully saturated rings. The van der Waals surface area contributed by atoms with E-state index in [2.05, 4.69) is 25.3 Å². The lowest BCUT2D eigenvalue weighted by Crippen LogP contribution is -2.66. The van der Waals surface area contributed by atoms with Crippen molar-refractivity contribution in [2.45, 2.75) is 70.1 Å². The maximum absolute atomic E-state index is 11.3. The molecule has 2 heteroatoms. The Balaban J connectivity index is 1.55. The van der Waals surface area contributed by atoms with Crippen LogP contribution in [0.25, 0.3) is 0 Å². The highest BCUT2D eigenvalue weighted by Crippen LogP contribution is 2.89. The van der Waals surface area contributed by atoms with Crippen LogP contribution in [0, 0.1) is 39.9 Å². The fourth-order valence-corrected chi connectivity index (χ4v) is 11.2. The first kappa shape index (κ1) is 12.9. The second-order valence-electron chi connectivity index (χ2n) is 11.1. The van der Waals surface area contributed by atoms with Crippen LogP contribution in [0.1, 0.15) is 52.4 Å². The van der Waals surface area contributed by atoms with Gasteiger partial charge >= 0.3 is 0 Å². The van der Waals surface area contributed by atoms with Gasteiger partial charge in [0.1, 0.15) is 0 Å². The van der Waals surface area contributed by atoms with Gasteiger partial charge in [0.05, 0.1) is 6.10 Å². The molecule has 23 heavy (non-hydrogen) atoms. The highest BCUT2D eigenvalue weighted by Gasteiger charge is 2.90. The number of piperidine rings is 2. The molecule has 6 aliphatic carbocycles. The lowest BCUT2D eigenvalue weighted by molar-refractivity contribution is -0.174. The van der Waals surface area contributed by atoms with Crippen molar-refractivity contribution < 1.29 is 5.11 Å². The first-order valence-electron chi connectivity index (χ1n) is 10.0. The predicted octanol–water partition coefficient (Wildman–Crippen LogP) is 3.21. The number of fused-ring (bicyclic) bond motifs is 1. The normalized spacial score (nSPS) is 75.6. The summed E-state index contributed by atoms with van der Waals surface area (Å²) in [5, 5.41) is 11.3. The quantitative estimate of drug-likeness (QED) is 0.694. The molecule has 9 aliphatic rings. The number of aliphatic hydroxyl groups excluding tert-OH is 1. The average Bonchev–Trinajstić information content (AvgIpc) is 2.82. The first-order chi connectivity index (χ1) is 10.9. The topological polar surface area (TPSA) is 23.5 Å². The summed E-state index contributed by atoms with van der Waals surface area (Å²) in [4.78, 5) is 2.96. The molecular weight excluding hydrogens is 282 g/mol. The molecule has 0 radical (unpaired) electrons. The van der Waals surface area contributed by atoms with Gasteiger partial charge in [0, 0.05) is 30.0 Å². The third-order valence-corrected chi connectivity index (χ3v) is 10.7. The van der Waals surface area contributed by atoms with Crippen LogP contribution in [-0.2, 0) is 0 Å². The molecule has 11 atom stereocenters. The van der Waals surface area contributed by atoms with Crippen molar-refractivity contribution in [3.05, 3.63) is 12.2 Å². The van der Waals surface area contributed by atoms with Crippen LogP contribution in [0.3, 0.4) is 0 Å². The Bertz CT molecular complexity index is 687. The molecule has 3 heterocycles. The molecule has 3 saturated heterocycles. The summed E-state index contributed by atoms with van der Waals surface area (Å²) in [6.07, 6.45) is 8.12. The van der Waals surface area contributed by atoms with Gasteiger partial charge in [0.15, 0.2) is 0 Å². The van der Waals surface area contributed by atoms with Crippen LogP contribution in [0.5, 0.6) is 0 Å². The molecule has 3 aliphatic heterocycles. The summed E-state index contributed by atoms with van der Waals surface area (Å²) in [5.41, 5.74) is 3.35. The maximum Gasteiger partial charge on any atom is 0.0654 e. The highest BCUT2D eigenvalue weighted by molar-refractivity contribution is 5.43. The van der Waals surface area contributed by atoms with E-state index < -0.39 is 0 Å². The summed E-state index contributed by atoms with van der Waals surface area (Å²) in [6.45, 7) is 11.0. The summed E-state index contributed by atoms with van der Waals surface area (Å²) in [6, 6.07) is 0.706. The van der Waals surface area contributed by atoms with Crippen LogP contribution in [-0.4, -0.2) is 34.2 Å². The monoisotopic (exact) mass is 311 g/mol. The molecule has 1 N–H and O–H groups in total. The van der Waals surface area contributed by atoms with Crippen LogP contribution in [0.4, 0.5) is 0 Å². The molecule has 124 valence electrons. The number of rotatable bonds is 0. The fraction of sp³-hybridized carbons (Fsp3) is 0.905. The van der Waals surface area contributed by atoms with E-state index in [0.717, 1.165) is 11.8 Å². The minimum Gasteiger partial charge on any atom is -0.392 e. The Morgan fingerprint density at radius 3 is 2.91 bits per heavy atom. The van der Waals surface area contributed by atoms with Crippen molar-refractivity contribution in [1.29, 1.82) is 0 Å². The van der Waals surface area contributed by atoms with Gasteiger partial charge in [0.2, 0.25) is 0 Å². The zero-order chi connectivity index (χ0) is 15.6. The summed E-state index contributed by atoms with van der Waals surface area (Å²) >= 11 is 0. The average molecular weight is 311 g/mol. The van der Waals surface area contributed by atoms with E-state index >= 15 is 0 Å². The van der Waals surface area contributed by atoms with E-state index in [9.17, 15) is 5.11 Å². The Hall–Kier alpha value is -0.340. The van der Waals surface area contributed by atoms with Crippen LogP contribution in [0.15, 0.2) is 12.2 Å². The molecule has 9 rings (SSSR count). The van der Waals surface area contributed by atoms with E-state index in [4.69, 9.17) is 0 Å². The lowest BCUT2D eigenvalue weighted by atomic mass is 9.38. The van der Waals surface area contributed by atoms with Crippen molar-refractivity contribution in [3.63, 3.8) is 0 Å². The number of hydrogen-bond acceptors (Lipinski definition) is 2. The summed E-state index contributed by atoms with van der Waals surface area (Å²) < 4.78 is 0. The minimum absolute atomic E-state index is 0.0889. The molecule has 0 aromatic rings. The Kier molecular flexibility index (Phi) is 1.74. The van der Waals surface area contributed by atoms with Gasteiger partial charge in [0.25, 0.3) is 0 Å². The molecule has 2 spiro atoms. The number of aliphatic hydroxyl groups is 1. The third-order valence-electron chi connectivity index (χ3n) is 10.7. The van der Waals surface area contributed by atoms with E-state index in [1.807, 2.05) is 0 Å². The molecule has 9 unspecified atom stereocenters. The Labute approximate surface area is 139 Å². The lowest BCUT2D eigenvalue weighted by Gasteiger charge is -2.66. The van der Waals surface area contributed by atoms with E-state index in [0.29, 0.717) is 39.7 Å². The van der Waals surface area contributed by atoms with Gasteiger partial charge < -0.3 is 5.11 Å². The first-order valence-corrected chi connectivity index (χ1v) is 10.0. The van der Waals surface area contributed by atoms with Gasteiger partial charge in [-0.05, 0) is 67.1 Å². The van der Waals surface area contributed by atoms with E-state index in [1.54, 1.807) is 0 Å². The standard InChI is InChI=1S/C21H29NO/c1-11-8-20-9-19(3)17-18(2)5-4-6-21(17)13(20)7-12(11)15(23)14(20)16(21)22(19)10-18/h12-17,23H,1,4-10H2,2-3H3/t12?,13?,14?,15?,16?,17?,18-,19-,20?,21?/m1/s1. The van der Waals surface area contributed by atoms with Gasteiger partial charge in [-0.3, -0.25) is 4.90 Å². The smallest absolute Gasteiger partial charge is 0.0654 e. The fourth-order valence-electron chi connectivity index (χ4n) is 11.2. The SMILES string of the molecule is C=C1CC23C[C@]4(C)C5C67CCC[C@]5(C)CN4C6C2C(O)C1CC37. The number of nitrogens with zero attached hydrogens (tertiary/aromatic N) is 1. The molecule has 2 nitrogen and oxygen atoms in total. The second-order valence-corrected chi connectivity index (χ2v) is 11.1. The molecule has 6 saturated carbocycles. The largest absolute Gasteiger partial charge is 0.392 e. The molecule has 0 aromatic heterocycles. The van der Waals surface area contributed by atoms with E-state index in [-0.39, 0.29) is 6.10 Å². The van der Waals surface area contributed by atoms with Gasteiger partial charge in [-0.25, -0.2) is 0 Å². The molecule has 9 bridgehead atoms. The van der Waals surface area contributed by atoms with E-state index in [1.165, 1.54) is 50.6 Å². The highest BCUT2D eigenvalue weighted by atomic mass is 16.3. The second kappa shape index (κ2) is 3.09. The molecular formula is C21H29NO. The van der Waals surface area contributed by atoms with Gasteiger partial charge in [-0.15, -0.1) is 0 Å². The van der Waals surface area contributed by atoms with Gasteiger partial charge in [-0.1, -0.05) is 25.5 Å². The summed E-state index contributed by atoms with van der Waals surface area (Å²) in [5.74, 6) is 2.79. The van der Waals surface area contributed by atoms with Crippen molar-refractivity contribution in [1.82, 2.24) is 4.90 Å². The Morgan fingerprint density at radius 1 is 1.26 bits per heavy atom. The zero-order valence-electron chi connectivity index (χ0n) is 14.5. The van der Waals surface area contributed by atoms with Crippen molar-refractivity contribution in [2.75, 3.05) is 6.54 Å². The number of hydrogen-bond donors (Lipinski definition) is 1. The van der Waals surface area contributed by atoms with Crippen molar-refractivity contribution in [3.8, 4) is 0 Å².